The summed E-state index contributed by atoms with van der Waals surface area (Å²) >= 11 is 0. The Morgan fingerprint density at radius 1 is 1.14 bits per heavy atom. The van der Waals surface area contributed by atoms with Crippen LogP contribution in [0.4, 0.5) is 5.69 Å². The van der Waals surface area contributed by atoms with E-state index in [-0.39, 0.29) is 17.2 Å². The van der Waals surface area contributed by atoms with Crippen molar-refractivity contribution in [2.45, 2.75) is 32.1 Å². The van der Waals surface area contributed by atoms with Crippen LogP contribution in [-0.2, 0) is 24.1 Å². The second-order valence-electron chi connectivity index (χ2n) is 7.72. The van der Waals surface area contributed by atoms with Gasteiger partial charge in [-0.15, -0.1) is 0 Å². The Balaban J connectivity index is 1.46. The van der Waals surface area contributed by atoms with Crippen LogP contribution in [-0.4, -0.2) is 30.6 Å². The Bertz CT molecular complexity index is 955. The molecular weight excluding hydrogens is 362 g/mol. The summed E-state index contributed by atoms with van der Waals surface area (Å²) in [7, 11) is 0. The van der Waals surface area contributed by atoms with E-state index in [1.54, 1.807) is 18.2 Å². The largest absolute Gasteiger partial charge is 0.508 e. The molecule has 2 aliphatic heterocycles. The Morgan fingerprint density at radius 3 is 2.41 bits per heavy atom. The normalized spacial score (nSPS) is 15.4. The zero-order valence-corrected chi connectivity index (χ0v) is 16.4. The van der Waals surface area contributed by atoms with Gasteiger partial charge in [0.2, 0.25) is 0 Å². The third-order valence-corrected chi connectivity index (χ3v) is 5.67. The highest BCUT2D eigenvalue weighted by Gasteiger charge is 2.24. The van der Waals surface area contributed by atoms with Gasteiger partial charge in [0.15, 0.2) is 0 Å². The van der Waals surface area contributed by atoms with Gasteiger partial charge in [0.25, 0.3) is 5.91 Å². The topological polar surface area (TPSA) is 76.4 Å². The standard InChI is InChI=1S/C24H25N3O2/c25-16-21(24(29)26-10-9-17-5-7-22(28)8-6-17)15-18-13-19-3-1-11-27-12-2-4-20(14-18)23(19)27/h5-8,13-15,28H,1-4,9-12H2,(H,26,29)/b21-15+. The average molecular weight is 387 g/mol. The fourth-order valence-electron chi connectivity index (χ4n) is 4.31. The molecule has 2 aromatic rings. The average Bonchev–Trinajstić information content (AvgIpc) is 2.74. The summed E-state index contributed by atoms with van der Waals surface area (Å²) in [5.41, 5.74) is 6.15. The van der Waals surface area contributed by atoms with Crippen LogP contribution in [0.1, 0.15) is 35.1 Å². The van der Waals surface area contributed by atoms with E-state index in [4.69, 9.17) is 0 Å². The predicted octanol–water partition coefficient (Wildman–Crippen LogP) is 3.36. The van der Waals surface area contributed by atoms with Gasteiger partial charge in [-0.3, -0.25) is 4.79 Å². The number of hydrogen-bond donors (Lipinski definition) is 2. The SMILES string of the molecule is N#C/C(=C\c1cc2c3c(c1)CCCN3CCC2)C(=O)NCCc1ccc(O)cc1. The van der Waals surface area contributed by atoms with E-state index in [1.807, 2.05) is 12.1 Å². The van der Waals surface area contributed by atoms with Gasteiger partial charge in [0, 0.05) is 25.3 Å². The third-order valence-electron chi connectivity index (χ3n) is 5.67. The number of benzene rings is 2. The van der Waals surface area contributed by atoms with E-state index >= 15 is 0 Å². The first-order chi connectivity index (χ1) is 14.1. The number of nitrogens with zero attached hydrogens (tertiary/aromatic N) is 2. The lowest BCUT2D eigenvalue weighted by Crippen LogP contribution is -2.34. The highest BCUT2D eigenvalue weighted by Crippen LogP contribution is 2.36. The van der Waals surface area contributed by atoms with Gasteiger partial charge in [-0.25, -0.2) is 0 Å². The summed E-state index contributed by atoms with van der Waals surface area (Å²) in [4.78, 5) is 15.0. The number of nitrogens with one attached hydrogen (secondary N) is 1. The molecule has 4 rings (SSSR count). The lowest BCUT2D eigenvalue weighted by Gasteiger charge is -2.37. The lowest BCUT2D eigenvalue weighted by molar-refractivity contribution is -0.117. The lowest BCUT2D eigenvalue weighted by atomic mass is 9.89. The molecule has 0 aliphatic carbocycles. The number of carbonyl (C=O) groups is 1. The van der Waals surface area contributed by atoms with Gasteiger partial charge >= 0.3 is 0 Å². The molecule has 2 aromatic carbocycles. The summed E-state index contributed by atoms with van der Waals surface area (Å²) in [5, 5.41) is 21.7. The molecule has 5 heteroatoms. The van der Waals surface area contributed by atoms with Crippen LogP contribution in [0.15, 0.2) is 42.0 Å². The van der Waals surface area contributed by atoms with E-state index in [0.29, 0.717) is 13.0 Å². The first-order valence-corrected chi connectivity index (χ1v) is 10.2. The number of nitriles is 1. The molecule has 5 nitrogen and oxygen atoms in total. The van der Waals surface area contributed by atoms with Crippen molar-refractivity contribution in [2.24, 2.45) is 0 Å². The molecule has 0 atom stereocenters. The molecule has 0 unspecified atom stereocenters. The number of aryl methyl sites for hydroxylation is 2. The van der Waals surface area contributed by atoms with Crippen molar-refractivity contribution in [1.29, 1.82) is 5.26 Å². The van der Waals surface area contributed by atoms with E-state index in [0.717, 1.165) is 49.9 Å². The highest BCUT2D eigenvalue weighted by atomic mass is 16.3. The molecule has 0 saturated heterocycles. The van der Waals surface area contributed by atoms with Crippen molar-refractivity contribution in [3.63, 3.8) is 0 Å². The molecule has 0 radical (unpaired) electrons. The third kappa shape index (κ3) is 4.27. The first kappa shape index (κ1) is 19.1. The van der Waals surface area contributed by atoms with Gasteiger partial charge in [0.1, 0.15) is 17.4 Å². The minimum absolute atomic E-state index is 0.131. The van der Waals surface area contributed by atoms with Crippen LogP contribution >= 0.6 is 0 Å². The molecular formula is C24H25N3O2. The number of phenolic OH excluding ortho intramolecular Hbond substituents is 1. The summed E-state index contributed by atoms with van der Waals surface area (Å²) in [5.74, 6) is -0.126. The van der Waals surface area contributed by atoms with Gasteiger partial charge < -0.3 is 15.3 Å². The van der Waals surface area contributed by atoms with Crippen molar-refractivity contribution in [3.05, 3.63) is 64.2 Å². The maximum absolute atomic E-state index is 12.5. The zero-order valence-electron chi connectivity index (χ0n) is 16.4. The van der Waals surface area contributed by atoms with Crippen molar-refractivity contribution in [2.75, 3.05) is 24.5 Å². The number of carbonyl (C=O) groups excluding carboxylic acids is 1. The second-order valence-corrected chi connectivity index (χ2v) is 7.72. The fraction of sp³-hybridized carbons (Fsp3) is 0.333. The van der Waals surface area contributed by atoms with E-state index in [9.17, 15) is 15.2 Å². The van der Waals surface area contributed by atoms with Crippen LogP contribution in [0.5, 0.6) is 5.75 Å². The van der Waals surface area contributed by atoms with E-state index in [1.165, 1.54) is 16.8 Å². The Hall–Kier alpha value is -3.26. The maximum atomic E-state index is 12.5. The number of anilines is 1. The number of rotatable bonds is 5. The van der Waals surface area contributed by atoms with Crippen molar-refractivity contribution in [1.82, 2.24) is 5.32 Å². The molecule has 1 amide bonds. The van der Waals surface area contributed by atoms with Crippen molar-refractivity contribution >= 4 is 17.7 Å². The van der Waals surface area contributed by atoms with Gasteiger partial charge in [-0.2, -0.15) is 5.26 Å². The molecule has 0 aromatic heterocycles. The molecule has 29 heavy (non-hydrogen) atoms. The van der Waals surface area contributed by atoms with Crippen LogP contribution < -0.4 is 10.2 Å². The monoisotopic (exact) mass is 387 g/mol. The van der Waals surface area contributed by atoms with Gasteiger partial charge in [-0.1, -0.05) is 12.1 Å². The Kier molecular flexibility index (Phi) is 5.53. The molecule has 148 valence electrons. The van der Waals surface area contributed by atoms with E-state index in [2.05, 4.69) is 28.4 Å². The molecule has 0 bridgehead atoms. The summed E-state index contributed by atoms with van der Waals surface area (Å²) in [6, 6.07) is 13.2. The highest BCUT2D eigenvalue weighted by molar-refractivity contribution is 6.01. The quantitative estimate of drug-likeness (QED) is 0.609. The maximum Gasteiger partial charge on any atom is 0.261 e. The molecule has 0 fully saturated rings. The minimum atomic E-state index is -0.348. The Morgan fingerprint density at radius 2 is 1.79 bits per heavy atom. The smallest absolute Gasteiger partial charge is 0.261 e. The molecule has 2 N–H and O–H groups in total. The van der Waals surface area contributed by atoms with Crippen LogP contribution in [0, 0.1) is 11.3 Å². The minimum Gasteiger partial charge on any atom is -0.508 e. The van der Waals surface area contributed by atoms with Crippen molar-refractivity contribution < 1.29 is 9.90 Å². The Labute approximate surface area is 171 Å². The van der Waals surface area contributed by atoms with Crippen molar-refractivity contribution in [3.8, 4) is 11.8 Å². The summed E-state index contributed by atoms with van der Waals surface area (Å²) in [6.45, 7) is 2.69. The van der Waals surface area contributed by atoms with Gasteiger partial charge in [0.05, 0.1) is 0 Å². The number of aromatic hydroxyl groups is 1. The summed E-state index contributed by atoms with van der Waals surface area (Å²) in [6.07, 6.45) is 6.77. The van der Waals surface area contributed by atoms with Gasteiger partial charge in [-0.05, 0) is 84.7 Å². The molecule has 0 spiro atoms. The van der Waals surface area contributed by atoms with Crippen LogP contribution in [0.3, 0.4) is 0 Å². The first-order valence-electron chi connectivity index (χ1n) is 10.2. The molecule has 0 saturated carbocycles. The van der Waals surface area contributed by atoms with Crippen LogP contribution in [0.25, 0.3) is 6.08 Å². The molecule has 2 aliphatic rings. The number of phenols is 1. The van der Waals surface area contributed by atoms with Crippen LogP contribution in [0.2, 0.25) is 0 Å². The number of amides is 1. The predicted molar refractivity (Wildman–Crippen MR) is 114 cm³/mol. The zero-order chi connectivity index (χ0) is 20.2. The number of hydrogen-bond acceptors (Lipinski definition) is 4. The summed E-state index contributed by atoms with van der Waals surface area (Å²) < 4.78 is 0. The molecule has 2 heterocycles. The fourth-order valence-corrected chi connectivity index (χ4v) is 4.31. The van der Waals surface area contributed by atoms with E-state index < -0.39 is 0 Å². The second kappa shape index (κ2) is 8.40.